The van der Waals surface area contributed by atoms with Crippen molar-refractivity contribution in [3.8, 4) is 0 Å². The van der Waals surface area contributed by atoms with Crippen LogP contribution in [0, 0.1) is 4.77 Å². The first-order chi connectivity index (χ1) is 8.20. The number of hydrogen-bond acceptors (Lipinski definition) is 3. The number of H-pyrrole nitrogens is 1. The third-order valence-corrected chi connectivity index (χ3v) is 3.16. The standard InChI is InChI=1S/C11H13BrN4S/c1-2-10-14-15-11(17)16(10)13-7-8-4-3-5-9(12)6-8/h3-6,13H,2,7H2,1H3,(H,15,17). The molecule has 1 heterocycles. The minimum absolute atomic E-state index is 0.594. The van der Waals surface area contributed by atoms with Crippen LogP contribution < -0.4 is 5.43 Å². The van der Waals surface area contributed by atoms with Gasteiger partial charge in [0.25, 0.3) is 0 Å². The molecule has 0 saturated carbocycles. The summed E-state index contributed by atoms with van der Waals surface area (Å²) in [6, 6.07) is 8.15. The van der Waals surface area contributed by atoms with Crippen molar-refractivity contribution in [3.05, 3.63) is 44.9 Å². The van der Waals surface area contributed by atoms with Gasteiger partial charge in [-0.2, -0.15) is 5.10 Å². The molecule has 0 bridgehead atoms. The average molecular weight is 313 g/mol. The van der Waals surface area contributed by atoms with Gasteiger partial charge in [0.15, 0.2) is 5.82 Å². The van der Waals surface area contributed by atoms with Gasteiger partial charge in [0.2, 0.25) is 4.77 Å². The van der Waals surface area contributed by atoms with E-state index in [0.717, 1.165) is 16.7 Å². The van der Waals surface area contributed by atoms with Crippen molar-refractivity contribution in [2.24, 2.45) is 0 Å². The van der Waals surface area contributed by atoms with E-state index in [1.54, 1.807) is 0 Å². The van der Waals surface area contributed by atoms with E-state index in [2.05, 4.69) is 43.7 Å². The fourth-order valence-corrected chi connectivity index (χ4v) is 2.21. The molecule has 2 aromatic rings. The maximum absolute atomic E-state index is 5.15. The fraction of sp³-hybridized carbons (Fsp3) is 0.273. The summed E-state index contributed by atoms with van der Waals surface area (Å²) in [5, 5.41) is 6.92. The average Bonchev–Trinajstić information content (AvgIpc) is 2.67. The molecule has 90 valence electrons. The Labute approximate surface area is 113 Å². The van der Waals surface area contributed by atoms with E-state index in [0.29, 0.717) is 11.3 Å². The monoisotopic (exact) mass is 312 g/mol. The Morgan fingerprint density at radius 3 is 3.06 bits per heavy atom. The Bertz CT molecular complexity index is 561. The van der Waals surface area contributed by atoms with E-state index in [4.69, 9.17) is 12.2 Å². The molecule has 0 saturated heterocycles. The van der Waals surface area contributed by atoms with Crippen molar-refractivity contribution >= 4 is 28.1 Å². The van der Waals surface area contributed by atoms with Gasteiger partial charge in [-0.05, 0) is 29.9 Å². The van der Waals surface area contributed by atoms with E-state index in [9.17, 15) is 0 Å². The lowest BCUT2D eigenvalue weighted by Crippen LogP contribution is -2.17. The van der Waals surface area contributed by atoms with Gasteiger partial charge in [-0.15, -0.1) is 0 Å². The van der Waals surface area contributed by atoms with Gasteiger partial charge in [-0.1, -0.05) is 35.0 Å². The summed E-state index contributed by atoms with van der Waals surface area (Å²) in [6.45, 7) is 2.75. The van der Waals surface area contributed by atoms with Gasteiger partial charge in [-0.25, -0.2) is 4.68 Å². The Morgan fingerprint density at radius 1 is 1.53 bits per heavy atom. The highest BCUT2D eigenvalue weighted by Crippen LogP contribution is 2.11. The highest BCUT2D eigenvalue weighted by molar-refractivity contribution is 9.10. The first-order valence-corrected chi connectivity index (χ1v) is 6.55. The second-order valence-corrected chi connectivity index (χ2v) is 4.90. The molecule has 0 aliphatic heterocycles. The van der Waals surface area contributed by atoms with Crippen LogP contribution in [-0.4, -0.2) is 14.9 Å². The first kappa shape index (κ1) is 12.3. The van der Waals surface area contributed by atoms with Crippen LogP contribution in [0.4, 0.5) is 0 Å². The Balaban J connectivity index is 2.12. The van der Waals surface area contributed by atoms with Crippen LogP contribution in [0.1, 0.15) is 18.3 Å². The predicted octanol–water partition coefficient (Wildman–Crippen LogP) is 3.01. The van der Waals surface area contributed by atoms with Gasteiger partial charge in [0.1, 0.15) is 0 Å². The van der Waals surface area contributed by atoms with Crippen molar-refractivity contribution < 1.29 is 0 Å². The molecule has 0 amide bonds. The highest BCUT2D eigenvalue weighted by atomic mass is 79.9. The lowest BCUT2D eigenvalue weighted by molar-refractivity contribution is 0.763. The minimum Gasteiger partial charge on any atom is -0.318 e. The molecule has 2 N–H and O–H groups in total. The van der Waals surface area contributed by atoms with Gasteiger partial charge in [0.05, 0.1) is 6.54 Å². The number of halogens is 1. The molecular formula is C11H13BrN4S. The molecule has 4 nitrogen and oxygen atoms in total. The van der Waals surface area contributed by atoms with Crippen LogP contribution in [0.15, 0.2) is 28.7 Å². The topological polar surface area (TPSA) is 45.6 Å². The minimum atomic E-state index is 0.594. The Hall–Kier alpha value is -1.14. The molecule has 0 spiro atoms. The molecule has 6 heteroatoms. The summed E-state index contributed by atoms with van der Waals surface area (Å²) in [6.07, 6.45) is 0.832. The van der Waals surface area contributed by atoms with Gasteiger partial charge < -0.3 is 5.43 Å². The van der Waals surface area contributed by atoms with E-state index in [1.165, 1.54) is 5.56 Å². The number of hydrogen-bond donors (Lipinski definition) is 2. The van der Waals surface area contributed by atoms with Crippen LogP contribution in [0.3, 0.4) is 0 Å². The number of rotatable bonds is 4. The predicted molar refractivity (Wildman–Crippen MR) is 74.0 cm³/mol. The van der Waals surface area contributed by atoms with Crippen LogP contribution in [0.2, 0.25) is 0 Å². The normalized spacial score (nSPS) is 10.5. The molecule has 0 aliphatic carbocycles. The Kier molecular flexibility index (Phi) is 3.96. The van der Waals surface area contributed by atoms with Crippen LogP contribution >= 0.6 is 28.1 Å². The molecule has 0 unspecified atom stereocenters. The smallest absolute Gasteiger partial charge is 0.214 e. The van der Waals surface area contributed by atoms with Crippen LogP contribution in [-0.2, 0) is 13.0 Å². The zero-order valence-corrected chi connectivity index (χ0v) is 11.8. The summed E-state index contributed by atoms with van der Waals surface area (Å²) in [4.78, 5) is 0. The van der Waals surface area contributed by atoms with E-state index < -0.39 is 0 Å². The number of aryl methyl sites for hydroxylation is 1. The first-order valence-electron chi connectivity index (χ1n) is 5.35. The number of nitrogens with one attached hydrogen (secondary N) is 2. The highest BCUT2D eigenvalue weighted by Gasteiger charge is 2.02. The number of nitrogens with zero attached hydrogens (tertiary/aromatic N) is 2. The van der Waals surface area contributed by atoms with Crippen molar-refractivity contribution in [3.63, 3.8) is 0 Å². The zero-order valence-electron chi connectivity index (χ0n) is 9.40. The molecule has 17 heavy (non-hydrogen) atoms. The third-order valence-electron chi connectivity index (χ3n) is 2.39. The quantitative estimate of drug-likeness (QED) is 0.853. The Morgan fingerprint density at radius 2 is 2.35 bits per heavy atom. The largest absolute Gasteiger partial charge is 0.318 e. The van der Waals surface area contributed by atoms with Crippen LogP contribution in [0.25, 0.3) is 0 Å². The molecule has 0 atom stereocenters. The number of benzene rings is 1. The van der Waals surface area contributed by atoms with E-state index in [1.807, 2.05) is 23.7 Å². The van der Waals surface area contributed by atoms with Gasteiger partial charge in [-0.3, -0.25) is 5.10 Å². The second-order valence-electron chi connectivity index (χ2n) is 3.60. The summed E-state index contributed by atoms with van der Waals surface area (Å²) >= 11 is 8.60. The lowest BCUT2D eigenvalue weighted by atomic mass is 10.2. The molecule has 2 rings (SSSR count). The molecule has 1 aromatic carbocycles. The summed E-state index contributed by atoms with van der Waals surface area (Å²) < 4.78 is 3.48. The zero-order chi connectivity index (χ0) is 12.3. The maximum Gasteiger partial charge on any atom is 0.214 e. The number of aromatic amines is 1. The SMILES string of the molecule is CCc1n[nH]c(=S)n1NCc1cccc(Br)c1. The van der Waals surface area contributed by atoms with Gasteiger partial charge in [0, 0.05) is 10.9 Å². The third kappa shape index (κ3) is 2.95. The number of aromatic nitrogens is 3. The fourth-order valence-electron chi connectivity index (χ4n) is 1.55. The summed E-state index contributed by atoms with van der Waals surface area (Å²) in [5.74, 6) is 0.907. The molecule has 0 fully saturated rings. The molecule has 0 aliphatic rings. The van der Waals surface area contributed by atoms with Crippen molar-refractivity contribution in [1.29, 1.82) is 0 Å². The van der Waals surface area contributed by atoms with E-state index in [-0.39, 0.29) is 0 Å². The lowest BCUT2D eigenvalue weighted by Gasteiger charge is -2.09. The second kappa shape index (κ2) is 5.46. The van der Waals surface area contributed by atoms with Crippen LogP contribution in [0.5, 0.6) is 0 Å². The van der Waals surface area contributed by atoms with Crippen molar-refractivity contribution in [1.82, 2.24) is 14.9 Å². The van der Waals surface area contributed by atoms with E-state index >= 15 is 0 Å². The molecule has 0 radical (unpaired) electrons. The van der Waals surface area contributed by atoms with Crippen molar-refractivity contribution in [2.75, 3.05) is 5.43 Å². The summed E-state index contributed by atoms with van der Waals surface area (Å²) in [7, 11) is 0. The van der Waals surface area contributed by atoms with Gasteiger partial charge >= 0.3 is 0 Å². The molecular weight excluding hydrogens is 300 g/mol. The molecule has 1 aromatic heterocycles. The maximum atomic E-state index is 5.15. The van der Waals surface area contributed by atoms with Crippen molar-refractivity contribution in [2.45, 2.75) is 19.9 Å². The summed E-state index contributed by atoms with van der Waals surface area (Å²) in [5.41, 5.74) is 4.44.